The predicted octanol–water partition coefficient (Wildman–Crippen LogP) is 4.40. The van der Waals surface area contributed by atoms with Gasteiger partial charge in [-0.3, -0.25) is 4.99 Å². The van der Waals surface area contributed by atoms with Crippen molar-refractivity contribution >= 4 is 38.6 Å². The van der Waals surface area contributed by atoms with Crippen LogP contribution < -0.4 is 4.74 Å². The number of amidine groups is 1. The highest BCUT2D eigenvalue weighted by Gasteiger charge is 2.18. The molecular formula is C18H18BrN3OS. The summed E-state index contributed by atoms with van der Waals surface area (Å²) >= 11 is 5.24. The van der Waals surface area contributed by atoms with Gasteiger partial charge in [0.15, 0.2) is 5.17 Å². The lowest BCUT2D eigenvalue weighted by Gasteiger charge is -2.23. The molecule has 0 amide bonds. The molecule has 0 fully saturated rings. The Morgan fingerprint density at radius 3 is 2.71 bits per heavy atom. The van der Waals surface area contributed by atoms with Gasteiger partial charge in [-0.2, -0.15) is 5.10 Å². The number of methoxy groups -OCH3 is 1. The molecule has 0 atom stereocenters. The number of benzene rings is 2. The average Bonchev–Trinajstić information content (AvgIpc) is 2.61. The van der Waals surface area contributed by atoms with Crippen LogP contribution in [-0.4, -0.2) is 35.8 Å². The minimum Gasteiger partial charge on any atom is -0.496 e. The number of hydrogen-bond acceptors (Lipinski definition) is 4. The van der Waals surface area contributed by atoms with E-state index in [0.29, 0.717) is 6.54 Å². The standard InChI is InChI=1S/C18H18BrN3OS/c1-22-18(20-11-13-6-4-3-5-7-13)24-12-16(21-22)14-8-9-17(23-2)15(19)10-14/h3-10H,11-12H2,1-2H3. The van der Waals surface area contributed by atoms with E-state index < -0.39 is 0 Å². The summed E-state index contributed by atoms with van der Waals surface area (Å²) in [5.74, 6) is 1.62. The van der Waals surface area contributed by atoms with Crippen molar-refractivity contribution in [1.29, 1.82) is 0 Å². The van der Waals surface area contributed by atoms with Crippen molar-refractivity contribution in [3.05, 3.63) is 64.1 Å². The second kappa shape index (κ2) is 7.85. The lowest BCUT2D eigenvalue weighted by Crippen LogP contribution is -2.27. The molecule has 0 N–H and O–H groups in total. The molecule has 3 rings (SSSR count). The van der Waals surface area contributed by atoms with Crippen molar-refractivity contribution in [2.75, 3.05) is 19.9 Å². The molecule has 0 unspecified atom stereocenters. The van der Waals surface area contributed by atoms with Crippen LogP contribution in [0.25, 0.3) is 0 Å². The Labute approximate surface area is 154 Å². The molecule has 0 aliphatic carbocycles. The molecule has 124 valence electrons. The normalized spacial score (nSPS) is 16.2. The van der Waals surface area contributed by atoms with Crippen LogP contribution in [0.1, 0.15) is 11.1 Å². The number of halogens is 1. The number of hydrogen-bond donors (Lipinski definition) is 0. The average molecular weight is 404 g/mol. The zero-order valence-electron chi connectivity index (χ0n) is 13.6. The Bertz CT molecular complexity index is 777. The maximum Gasteiger partial charge on any atom is 0.180 e. The van der Waals surface area contributed by atoms with Crippen LogP contribution in [0, 0.1) is 0 Å². The van der Waals surface area contributed by atoms with E-state index in [1.165, 1.54) is 5.56 Å². The molecule has 24 heavy (non-hydrogen) atoms. The lowest BCUT2D eigenvalue weighted by molar-refractivity contribution is 0.412. The van der Waals surface area contributed by atoms with Gasteiger partial charge in [0.25, 0.3) is 0 Å². The van der Waals surface area contributed by atoms with Gasteiger partial charge in [0.2, 0.25) is 0 Å². The number of aliphatic imine (C=N–C) groups is 1. The Morgan fingerprint density at radius 1 is 1.25 bits per heavy atom. The van der Waals surface area contributed by atoms with Gasteiger partial charge in [0, 0.05) is 12.8 Å². The van der Waals surface area contributed by atoms with E-state index in [1.807, 2.05) is 48.5 Å². The zero-order chi connectivity index (χ0) is 16.9. The molecule has 1 aliphatic heterocycles. The van der Waals surface area contributed by atoms with Gasteiger partial charge in [-0.1, -0.05) is 42.1 Å². The van der Waals surface area contributed by atoms with E-state index in [2.05, 4.69) is 38.2 Å². The highest BCUT2D eigenvalue weighted by Crippen LogP contribution is 2.27. The van der Waals surface area contributed by atoms with Crippen LogP contribution in [0.2, 0.25) is 0 Å². The minimum atomic E-state index is 0.673. The number of nitrogens with zero attached hydrogens (tertiary/aromatic N) is 3. The minimum absolute atomic E-state index is 0.673. The second-order valence-electron chi connectivity index (χ2n) is 5.29. The topological polar surface area (TPSA) is 37.2 Å². The fraction of sp³-hybridized carbons (Fsp3) is 0.222. The summed E-state index contributed by atoms with van der Waals surface area (Å²) in [6, 6.07) is 16.3. The van der Waals surface area contributed by atoms with Gasteiger partial charge in [0.05, 0.1) is 23.8 Å². The first-order valence-corrected chi connectivity index (χ1v) is 9.31. The van der Waals surface area contributed by atoms with E-state index in [0.717, 1.165) is 32.4 Å². The molecule has 0 radical (unpaired) electrons. The fourth-order valence-electron chi connectivity index (χ4n) is 2.36. The first kappa shape index (κ1) is 17.0. The van der Waals surface area contributed by atoms with Gasteiger partial charge in [-0.25, -0.2) is 5.01 Å². The SMILES string of the molecule is COc1ccc(C2=NN(C)C(=NCc3ccccc3)SC2)cc1Br. The van der Waals surface area contributed by atoms with Crippen molar-refractivity contribution < 1.29 is 4.74 Å². The Hall–Kier alpha value is -1.79. The first-order valence-electron chi connectivity index (χ1n) is 7.53. The van der Waals surface area contributed by atoms with Crippen molar-refractivity contribution in [1.82, 2.24) is 5.01 Å². The summed E-state index contributed by atoms with van der Waals surface area (Å²) < 4.78 is 6.21. The molecule has 2 aromatic carbocycles. The monoisotopic (exact) mass is 403 g/mol. The van der Waals surface area contributed by atoms with Crippen LogP contribution in [0.3, 0.4) is 0 Å². The number of ether oxygens (including phenoxy) is 1. The molecular weight excluding hydrogens is 386 g/mol. The molecule has 0 spiro atoms. The molecule has 6 heteroatoms. The van der Waals surface area contributed by atoms with Crippen LogP contribution in [0.5, 0.6) is 5.75 Å². The van der Waals surface area contributed by atoms with Crippen molar-refractivity contribution in [3.63, 3.8) is 0 Å². The maximum absolute atomic E-state index is 5.28. The summed E-state index contributed by atoms with van der Waals surface area (Å²) in [7, 11) is 3.60. The van der Waals surface area contributed by atoms with Gasteiger partial charge >= 0.3 is 0 Å². The smallest absolute Gasteiger partial charge is 0.180 e. The van der Waals surface area contributed by atoms with E-state index in [9.17, 15) is 0 Å². The van der Waals surface area contributed by atoms with Crippen LogP contribution in [0.4, 0.5) is 0 Å². The lowest BCUT2D eigenvalue weighted by atomic mass is 10.1. The summed E-state index contributed by atoms with van der Waals surface area (Å²) in [6.45, 7) is 0.673. The summed E-state index contributed by atoms with van der Waals surface area (Å²) in [5.41, 5.74) is 3.32. The highest BCUT2D eigenvalue weighted by molar-refractivity contribution is 9.10. The van der Waals surface area contributed by atoms with Crippen molar-refractivity contribution in [3.8, 4) is 5.75 Å². The van der Waals surface area contributed by atoms with Crippen molar-refractivity contribution in [2.24, 2.45) is 10.1 Å². The van der Waals surface area contributed by atoms with Gasteiger partial charge in [-0.05, 0) is 45.3 Å². The molecule has 0 saturated heterocycles. The maximum atomic E-state index is 5.28. The number of hydrazone groups is 1. The van der Waals surface area contributed by atoms with E-state index in [-0.39, 0.29) is 0 Å². The highest BCUT2D eigenvalue weighted by atomic mass is 79.9. The Morgan fingerprint density at radius 2 is 2.04 bits per heavy atom. The quantitative estimate of drug-likeness (QED) is 0.758. The fourth-order valence-corrected chi connectivity index (χ4v) is 3.77. The third-order valence-electron chi connectivity index (χ3n) is 3.61. The Balaban J connectivity index is 1.74. The molecule has 1 aliphatic rings. The van der Waals surface area contributed by atoms with Crippen LogP contribution >= 0.6 is 27.7 Å². The van der Waals surface area contributed by atoms with E-state index in [1.54, 1.807) is 18.9 Å². The van der Waals surface area contributed by atoms with E-state index >= 15 is 0 Å². The molecule has 4 nitrogen and oxygen atoms in total. The van der Waals surface area contributed by atoms with Gasteiger partial charge in [-0.15, -0.1) is 0 Å². The predicted molar refractivity (Wildman–Crippen MR) is 105 cm³/mol. The van der Waals surface area contributed by atoms with E-state index in [4.69, 9.17) is 4.74 Å². The van der Waals surface area contributed by atoms with Gasteiger partial charge in [0.1, 0.15) is 5.75 Å². The third kappa shape index (κ3) is 3.99. The van der Waals surface area contributed by atoms with Gasteiger partial charge < -0.3 is 4.74 Å². The molecule has 0 bridgehead atoms. The zero-order valence-corrected chi connectivity index (χ0v) is 16.0. The second-order valence-corrected chi connectivity index (χ2v) is 7.09. The molecule has 0 aromatic heterocycles. The first-order chi connectivity index (χ1) is 11.7. The largest absolute Gasteiger partial charge is 0.496 e. The van der Waals surface area contributed by atoms with Crippen LogP contribution in [-0.2, 0) is 6.54 Å². The van der Waals surface area contributed by atoms with Crippen LogP contribution in [0.15, 0.2) is 63.1 Å². The third-order valence-corrected chi connectivity index (χ3v) is 5.30. The van der Waals surface area contributed by atoms with Crippen molar-refractivity contribution in [2.45, 2.75) is 6.54 Å². The summed E-state index contributed by atoms with van der Waals surface area (Å²) in [6.07, 6.45) is 0. The summed E-state index contributed by atoms with van der Waals surface area (Å²) in [5, 5.41) is 7.47. The molecule has 1 heterocycles. The number of thioether (sulfide) groups is 1. The molecule has 2 aromatic rings. The summed E-state index contributed by atoms with van der Waals surface area (Å²) in [4.78, 5) is 4.68. The number of rotatable bonds is 4. The Kier molecular flexibility index (Phi) is 5.58. The molecule has 0 saturated carbocycles.